The molecule has 0 aromatic carbocycles. The minimum atomic E-state index is 0.387. The minimum Gasteiger partial charge on any atom is -0.314 e. The molecule has 20 heavy (non-hydrogen) atoms. The smallest absolute Gasteiger partial charge is 0.0820 e. The van der Waals surface area contributed by atoms with Crippen LogP contribution in [0.1, 0.15) is 39.3 Å². The molecule has 1 aromatic rings. The summed E-state index contributed by atoms with van der Waals surface area (Å²) in [6.07, 6.45) is 1.77. The highest BCUT2D eigenvalue weighted by atomic mass is 35.5. The van der Waals surface area contributed by atoms with E-state index in [2.05, 4.69) is 61.8 Å². The Bertz CT molecular complexity index is 401. The molecule has 4 nitrogen and oxygen atoms in total. The second kappa shape index (κ2) is 8.01. The molecule has 0 amide bonds. The molecule has 1 N–H and O–H groups in total. The van der Waals surface area contributed by atoms with Crippen molar-refractivity contribution < 1.29 is 0 Å². The highest BCUT2D eigenvalue weighted by Gasteiger charge is 2.21. The van der Waals surface area contributed by atoms with E-state index in [0.717, 1.165) is 30.4 Å². The van der Waals surface area contributed by atoms with Gasteiger partial charge < -0.3 is 10.2 Å². The third-order valence-corrected chi connectivity index (χ3v) is 4.02. The van der Waals surface area contributed by atoms with Gasteiger partial charge in [0.1, 0.15) is 0 Å². The van der Waals surface area contributed by atoms with Gasteiger partial charge in [0.2, 0.25) is 0 Å². The van der Waals surface area contributed by atoms with Gasteiger partial charge in [-0.2, -0.15) is 5.10 Å². The summed E-state index contributed by atoms with van der Waals surface area (Å²) in [6.45, 7) is 11.7. The lowest BCUT2D eigenvalue weighted by Gasteiger charge is -2.23. The zero-order valence-corrected chi connectivity index (χ0v) is 14.4. The van der Waals surface area contributed by atoms with Crippen LogP contribution < -0.4 is 5.32 Å². The van der Waals surface area contributed by atoms with Crippen LogP contribution in [-0.4, -0.2) is 47.9 Å². The number of nitrogens with zero attached hydrogens (tertiary/aromatic N) is 3. The van der Waals surface area contributed by atoms with E-state index < -0.39 is 0 Å². The maximum Gasteiger partial charge on any atom is 0.0820 e. The Kier molecular flexibility index (Phi) is 7.00. The van der Waals surface area contributed by atoms with E-state index in [1.807, 2.05) is 0 Å². The lowest BCUT2D eigenvalue weighted by Crippen LogP contribution is -2.31. The SMILES string of the molecule is CC(C)NCC(C)C(C)c1c(Cl)cnn1CCN(C)C. The van der Waals surface area contributed by atoms with E-state index >= 15 is 0 Å². The molecular formula is C15H29ClN4. The van der Waals surface area contributed by atoms with Crippen molar-refractivity contribution in [3.8, 4) is 0 Å². The maximum atomic E-state index is 6.34. The second-order valence-electron chi connectivity index (χ2n) is 6.23. The van der Waals surface area contributed by atoms with Crippen molar-refractivity contribution >= 4 is 11.6 Å². The summed E-state index contributed by atoms with van der Waals surface area (Å²) in [5.41, 5.74) is 1.16. The first kappa shape index (κ1) is 17.5. The molecule has 2 atom stereocenters. The summed E-state index contributed by atoms with van der Waals surface area (Å²) in [4.78, 5) is 2.16. The number of nitrogens with one attached hydrogen (secondary N) is 1. The Labute approximate surface area is 128 Å². The Hall–Kier alpha value is -0.580. The molecule has 1 rings (SSSR count). The van der Waals surface area contributed by atoms with E-state index in [1.54, 1.807) is 6.20 Å². The number of likely N-dealkylation sites (N-methyl/N-ethyl adjacent to an activating group) is 1. The molecule has 0 aliphatic carbocycles. The van der Waals surface area contributed by atoms with Crippen molar-refractivity contribution in [2.24, 2.45) is 5.92 Å². The maximum absolute atomic E-state index is 6.34. The molecular weight excluding hydrogens is 272 g/mol. The number of aromatic nitrogens is 2. The fraction of sp³-hybridized carbons (Fsp3) is 0.800. The molecule has 0 saturated carbocycles. The predicted octanol–water partition coefficient (Wildman–Crippen LogP) is 2.84. The van der Waals surface area contributed by atoms with Crippen molar-refractivity contribution in [2.45, 2.75) is 46.2 Å². The van der Waals surface area contributed by atoms with Crippen LogP contribution in [0.3, 0.4) is 0 Å². The Balaban J connectivity index is 2.75. The molecule has 0 fully saturated rings. The van der Waals surface area contributed by atoms with Crippen molar-refractivity contribution in [1.29, 1.82) is 0 Å². The monoisotopic (exact) mass is 300 g/mol. The van der Waals surface area contributed by atoms with E-state index in [1.165, 1.54) is 0 Å². The average molecular weight is 301 g/mol. The molecule has 1 aromatic heterocycles. The molecule has 1 heterocycles. The van der Waals surface area contributed by atoms with Crippen molar-refractivity contribution in [3.05, 3.63) is 16.9 Å². The standard InChI is InChI=1S/C15H29ClN4/c1-11(2)17-9-12(3)13(4)15-14(16)10-18-20(15)8-7-19(5)6/h10-13,17H,7-9H2,1-6H3. The number of halogens is 1. The number of hydrogen-bond donors (Lipinski definition) is 1. The molecule has 0 aliphatic rings. The van der Waals surface area contributed by atoms with Crippen LogP contribution in [0.2, 0.25) is 5.02 Å². The van der Waals surface area contributed by atoms with Gasteiger partial charge in [0.15, 0.2) is 0 Å². The molecule has 5 heteroatoms. The molecule has 0 radical (unpaired) electrons. The summed E-state index contributed by atoms with van der Waals surface area (Å²) in [5.74, 6) is 0.906. The number of hydrogen-bond acceptors (Lipinski definition) is 3. The van der Waals surface area contributed by atoms with E-state index in [4.69, 9.17) is 11.6 Å². The second-order valence-corrected chi connectivity index (χ2v) is 6.64. The summed E-state index contributed by atoms with van der Waals surface area (Å²) in [5, 5.41) is 8.71. The summed E-state index contributed by atoms with van der Waals surface area (Å²) < 4.78 is 2.05. The van der Waals surface area contributed by atoms with Crippen LogP contribution in [0.25, 0.3) is 0 Å². The first-order valence-corrected chi connectivity index (χ1v) is 7.80. The first-order valence-electron chi connectivity index (χ1n) is 7.42. The van der Waals surface area contributed by atoms with Crippen LogP contribution in [0.5, 0.6) is 0 Å². The van der Waals surface area contributed by atoms with Crippen molar-refractivity contribution in [1.82, 2.24) is 20.0 Å². The fourth-order valence-corrected chi connectivity index (χ4v) is 2.48. The van der Waals surface area contributed by atoms with Gasteiger partial charge in [0.05, 0.1) is 23.5 Å². The van der Waals surface area contributed by atoms with Gasteiger partial charge in [0.25, 0.3) is 0 Å². The largest absolute Gasteiger partial charge is 0.314 e. The summed E-state index contributed by atoms with van der Waals surface area (Å²) >= 11 is 6.34. The van der Waals surface area contributed by atoms with E-state index in [-0.39, 0.29) is 0 Å². The lowest BCUT2D eigenvalue weighted by atomic mass is 9.92. The Morgan fingerprint density at radius 2 is 1.95 bits per heavy atom. The van der Waals surface area contributed by atoms with Gasteiger partial charge in [-0.25, -0.2) is 0 Å². The van der Waals surface area contributed by atoms with E-state index in [9.17, 15) is 0 Å². The lowest BCUT2D eigenvalue weighted by molar-refractivity contribution is 0.355. The van der Waals surface area contributed by atoms with Gasteiger partial charge in [-0.15, -0.1) is 0 Å². The number of rotatable bonds is 8. The van der Waals surface area contributed by atoms with Crippen molar-refractivity contribution in [3.63, 3.8) is 0 Å². The molecule has 0 aliphatic heterocycles. The molecule has 0 saturated heterocycles. The normalized spacial score (nSPS) is 15.1. The molecule has 2 unspecified atom stereocenters. The highest BCUT2D eigenvalue weighted by molar-refractivity contribution is 6.31. The van der Waals surface area contributed by atoms with Crippen LogP contribution in [0.4, 0.5) is 0 Å². The predicted molar refractivity (Wildman–Crippen MR) is 86.5 cm³/mol. The van der Waals surface area contributed by atoms with Gasteiger partial charge in [-0.05, 0) is 26.6 Å². The fourth-order valence-electron chi connectivity index (χ4n) is 2.17. The third kappa shape index (κ3) is 5.08. The third-order valence-electron chi connectivity index (χ3n) is 3.73. The van der Waals surface area contributed by atoms with Gasteiger partial charge >= 0.3 is 0 Å². The van der Waals surface area contributed by atoms with Gasteiger partial charge in [-0.1, -0.05) is 39.3 Å². The van der Waals surface area contributed by atoms with E-state index in [0.29, 0.717) is 17.9 Å². The summed E-state index contributed by atoms with van der Waals surface area (Å²) in [7, 11) is 4.15. The highest BCUT2D eigenvalue weighted by Crippen LogP contribution is 2.29. The summed E-state index contributed by atoms with van der Waals surface area (Å²) in [6, 6.07) is 0.513. The van der Waals surface area contributed by atoms with Gasteiger partial charge in [-0.3, -0.25) is 4.68 Å². The van der Waals surface area contributed by atoms with Crippen LogP contribution >= 0.6 is 11.6 Å². The van der Waals surface area contributed by atoms with Crippen LogP contribution in [-0.2, 0) is 6.54 Å². The zero-order valence-electron chi connectivity index (χ0n) is 13.7. The topological polar surface area (TPSA) is 33.1 Å². The quantitative estimate of drug-likeness (QED) is 0.801. The zero-order chi connectivity index (χ0) is 15.3. The van der Waals surface area contributed by atoms with Crippen molar-refractivity contribution in [2.75, 3.05) is 27.2 Å². The molecule has 0 spiro atoms. The van der Waals surface area contributed by atoms with Crippen LogP contribution in [0.15, 0.2) is 6.20 Å². The first-order chi connectivity index (χ1) is 9.32. The minimum absolute atomic E-state index is 0.387. The van der Waals surface area contributed by atoms with Gasteiger partial charge in [0, 0.05) is 18.5 Å². The Morgan fingerprint density at radius 1 is 1.30 bits per heavy atom. The Morgan fingerprint density at radius 3 is 2.50 bits per heavy atom. The van der Waals surface area contributed by atoms with Crippen LogP contribution in [0, 0.1) is 5.92 Å². The molecule has 0 bridgehead atoms. The molecule has 116 valence electrons. The average Bonchev–Trinajstić information content (AvgIpc) is 2.73.